The summed E-state index contributed by atoms with van der Waals surface area (Å²) < 4.78 is 39.1. The Kier molecular flexibility index (Phi) is 4.63. The molecular formula is CH5N2O9P3. The van der Waals surface area contributed by atoms with E-state index < -0.39 is 23.1 Å². The van der Waals surface area contributed by atoms with Gasteiger partial charge in [0.1, 0.15) is 0 Å². The van der Waals surface area contributed by atoms with Gasteiger partial charge in [-0.3, -0.25) is 4.57 Å². The van der Waals surface area contributed by atoms with Crippen LogP contribution in [0.25, 0.3) is 0 Å². The molecule has 0 saturated heterocycles. The van der Waals surface area contributed by atoms with Crippen molar-refractivity contribution in [3.63, 3.8) is 0 Å². The van der Waals surface area contributed by atoms with Crippen LogP contribution in [0.1, 0.15) is 0 Å². The van der Waals surface area contributed by atoms with Crippen LogP contribution in [0.15, 0.2) is 9.89 Å². The normalized spacial score (nSPS) is 19.9. The Morgan fingerprint density at radius 3 is 1.73 bits per heavy atom. The molecule has 0 bridgehead atoms. The average molecular weight is 282 g/mol. The monoisotopic (exact) mass is 282 g/mol. The summed E-state index contributed by atoms with van der Waals surface area (Å²) >= 11 is 0. The van der Waals surface area contributed by atoms with Crippen LogP contribution in [0.2, 0.25) is 0 Å². The van der Waals surface area contributed by atoms with Crippen LogP contribution < -0.4 is 0 Å². The van der Waals surface area contributed by atoms with Crippen molar-refractivity contribution in [3.8, 4) is 0 Å². The molecule has 0 radical (unpaired) electrons. The quantitative estimate of drug-likeness (QED) is 0.542. The Hall–Kier alpha value is -0.270. The molecule has 0 heterocycles. The number of hydrogen-bond acceptors (Lipinski definition) is 7. The first-order valence-corrected chi connectivity index (χ1v) is 7.94. The molecule has 0 amide bonds. The maximum Gasteiger partial charge on any atom is 0.505 e. The largest absolute Gasteiger partial charge is 0.505 e. The van der Waals surface area contributed by atoms with Gasteiger partial charge in [-0.25, -0.2) is 13.4 Å². The van der Waals surface area contributed by atoms with Crippen LogP contribution in [-0.2, 0) is 22.3 Å². The molecule has 0 aliphatic rings. The first kappa shape index (κ1) is 14.7. The molecule has 88 valence electrons. The Labute approximate surface area is 82.4 Å². The molecule has 0 aliphatic heterocycles. The Balaban J connectivity index is 4.99. The van der Waals surface area contributed by atoms with E-state index in [9.17, 15) is 23.5 Å². The van der Waals surface area contributed by atoms with Gasteiger partial charge in [0, 0.05) is 16.6 Å². The minimum absolute atomic E-state index is 0.556. The minimum Gasteiger partial charge on any atom is -0.302 e. The average Bonchev–Trinajstić information content (AvgIpc) is 2.00. The molecule has 0 aromatic carbocycles. The van der Waals surface area contributed by atoms with Gasteiger partial charge in [-0.2, -0.15) is 4.31 Å². The molecule has 0 aromatic heterocycles. The van der Waals surface area contributed by atoms with E-state index >= 15 is 0 Å². The summed E-state index contributed by atoms with van der Waals surface area (Å²) in [5.41, 5.74) is 0. The smallest absolute Gasteiger partial charge is 0.302 e. The highest BCUT2D eigenvalue weighted by Crippen LogP contribution is 2.69. The molecular weight excluding hydrogens is 277 g/mol. The third-order valence-electron chi connectivity index (χ3n) is 0.713. The number of rotatable bonds is 6. The van der Waals surface area contributed by atoms with E-state index in [1.54, 1.807) is 4.95 Å². The number of hydrogen-bond donors (Lipinski definition) is 2. The van der Waals surface area contributed by atoms with Crippen molar-refractivity contribution >= 4 is 23.1 Å². The van der Waals surface area contributed by atoms with Crippen LogP contribution in [-0.4, -0.2) is 16.5 Å². The van der Waals surface area contributed by atoms with Gasteiger partial charge in [0.2, 0.25) is 0 Å². The highest BCUT2D eigenvalue weighted by Gasteiger charge is 2.41. The lowest BCUT2D eigenvalue weighted by molar-refractivity contribution is 0.267. The van der Waals surface area contributed by atoms with Crippen molar-refractivity contribution in [1.29, 1.82) is 0 Å². The molecule has 0 saturated carbocycles. The predicted molar refractivity (Wildman–Crippen MR) is 46.9 cm³/mol. The van der Waals surface area contributed by atoms with E-state index in [1.807, 2.05) is 4.95 Å². The van der Waals surface area contributed by atoms with Gasteiger partial charge in [-0.1, -0.05) is 0 Å². The van der Waals surface area contributed by atoms with Crippen LogP contribution >= 0.6 is 23.1 Å². The molecule has 0 aromatic rings. The van der Waals surface area contributed by atoms with E-state index in [4.69, 9.17) is 9.79 Å². The maximum absolute atomic E-state index is 11.0. The lowest BCUT2D eigenvalue weighted by Crippen LogP contribution is -1.89. The zero-order valence-corrected chi connectivity index (χ0v) is 9.67. The van der Waals surface area contributed by atoms with E-state index in [1.165, 1.54) is 0 Å². The standard InChI is InChI=1S/CH5N2O9P3/c1-13(6,2-4)11-14(7,3-5)12-15(8,9)10/h1H3,(H2,8,9,10)/t13-,14?/m1/s1. The molecule has 2 atom stereocenters. The molecule has 1 unspecified atom stereocenters. The van der Waals surface area contributed by atoms with Gasteiger partial charge in [0.15, 0.2) is 0 Å². The highest BCUT2D eigenvalue weighted by molar-refractivity contribution is 7.71. The van der Waals surface area contributed by atoms with Gasteiger partial charge in [-0.05, 0) is 0 Å². The Morgan fingerprint density at radius 1 is 1.00 bits per heavy atom. The molecule has 0 spiro atoms. The second-order valence-electron chi connectivity index (χ2n) is 2.09. The third kappa shape index (κ3) is 6.01. The van der Waals surface area contributed by atoms with E-state index in [0.29, 0.717) is 6.66 Å². The van der Waals surface area contributed by atoms with Crippen LogP contribution in [0.3, 0.4) is 0 Å². The summed E-state index contributed by atoms with van der Waals surface area (Å²) in [6.45, 7) is 0.556. The fourth-order valence-electron chi connectivity index (χ4n) is 0.385. The molecule has 0 fully saturated rings. The van der Waals surface area contributed by atoms with Gasteiger partial charge in [-0.15, -0.1) is 9.81 Å². The van der Waals surface area contributed by atoms with Gasteiger partial charge < -0.3 is 9.79 Å². The molecule has 15 heavy (non-hydrogen) atoms. The van der Waals surface area contributed by atoms with Crippen molar-refractivity contribution < 1.29 is 32.1 Å². The fourth-order valence-corrected chi connectivity index (χ4v) is 3.74. The Morgan fingerprint density at radius 2 is 1.47 bits per heavy atom. The molecule has 11 nitrogen and oxygen atoms in total. The minimum atomic E-state index is -5.35. The van der Waals surface area contributed by atoms with E-state index in [2.05, 4.69) is 8.62 Å². The predicted octanol–water partition coefficient (Wildman–Crippen LogP) is 1.58. The molecule has 14 heteroatoms. The number of nitrogens with zero attached hydrogens (tertiary/aromatic N) is 2. The lowest BCUT2D eigenvalue weighted by atomic mass is 12.0. The fraction of sp³-hybridized carbons (Fsp3) is 1.00. The second-order valence-corrected chi connectivity index (χ2v) is 7.25. The lowest BCUT2D eigenvalue weighted by Gasteiger charge is -2.11. The molecule has 0 aliphatic carbocycles. The van der Waals surface area contributed by atoms with Gasteiger partial charge in [0.25, 0.3) is 0 Å². The number of phosphoric acid groups is 1. The highest BCUT2D eigenvalue weighted by atomic mass is 31.3. The van der Waals surface area contributed by atoms with Gasteiger partial charge in [0.05, 0.1) is 0 Å². The van der Waals surface area contributed by atoms with Crippen LogP contribution in [0.4, 0.5) is 0 Å². The van der Waals surface area contributed by atoms with E-state index in [0.717, 1.165) is 0 Å². The second kappa shape index (κ2) is 4.71. The summed E-state index contributed by atoms with van der Waals surface area (Å²) in [5, 5.41) is 0. The summed E-state index contributed by atoms with van der Waals surface area (Å²) in [6.07, 6.45) is 0. The topological polar surface area (TPSA) is 169 Å². The maximum atomic E-state index is 11.0. The summed E-state index contributed by atoms with van der Waals surface area (Å²) in [5.74, 6) is 0. The van der Waals surface area contributed by atoms with Crippen molar-refractivity contribution in [2.45, 2.75) is 0 Å². The van der Waals surface area contributed by atoms with Crippen molar-refractivity contribution in [2.24, 2.45) is 9.89 Å². The van der Waals surface area contributed by atoms with Crippen LogP contribution in [0, 0.1) is 9.81 Å². The summed E-state index contributed by atoms with van der Waals surface area (Å²) in [4.78, 5) is 39.6. The SMILES string of the molecule is C[P@](=O)(N=O)OP(=O)(N=O)OP(=O)(O)O. The molecule has 0 rings (SSSR count). The first-order chi connectivity index (χ1) is 6.54. The zero-order valence-electron chi connectivity index (χ0n) is 6.99. The van der Waals surface area contributed by atoms with E-state index in [-0.39, 0.29) is 0 Å². The summed E-state index contributed by atoms with van der Waals surface area (Å²) in [6, 6.07) is 0. The first-order valence-electron chi connectivity index (χ1n) is 2.89. The Bertz CT molecular complexity index is 394. The zero-order chi connectivity index (χ0) is 12.3. The van der Waals surface area contributed by atoms with Gasteiger partial charge >= 0.3 is 23.1 Å². The van der Waals surface area contributed by atoms with Crippen molar-refractivity contribution in [3.05, 3.63) is 9.81 Å². The third-order valence-corrected chi connectivity index (χ3v) is 4.92. The van der Waals surface area contributed by atoms with Crippen molar-refractivity contribution in [1.82, 2.24) is 0 Å². The number of nitroso groups, excluding NO2 is 2. The summed E-state index contributed by atoms with van der Waals surface area (Å²) in [7, 11) is -14.9. The van der Waals surface area contributed by atoms with Crippen molar-refractivity contribution in [2.75, 3.05) is 6.66 Å². The molecule has 2 N–H and O–H groups in total. The van der Waals surface area contributed by atoms with Crippen LogP contribution in [0.5, 0.6) is 0 Å².